The van der Waals surface area contributed by atoms with Crippen LogP contribution in [0.4, 0.5) is 0 Å². The van der Waals surface area contributed by atoms with Crippen molar-refractivity contribution in [1.82, 2.24) is 0 Å². The Kier molecular flexibility index (Phi) is 12.5. The molecule has 16 nitrogen and oxygen atoms in total. The molecule has 0 amide bonds. The molecule has 0 unspecified atom stereocenters. The minimum atomic E-state index is -1.96. The van der Waals surface area contributed by atoms with Gasteiger partial charge in [-0.2, -0.15) is 0 Å². The van der Waals surface area contributed by atoms with Crippen LogP contribution in [0.1, 0.15) is 120 Å². The van der Waals surface area contributed by atoms with Crippen molar-refractivity contribution in [3.05, 3.63) is 11.6 Å². The van der Waals surface area contributed by atoms with Crippen LogP contribution < -0.4 is 0 Å². The molecule has 3 saturated heterocycles. The predicted molar refractivity (Wildman–Crippen MR) is 223 cm³/mol. The molecule has 4 saturated carbocycles. The molecule has 0 spiro atoms. The normalized spacial score (nSPS) is 55.3. The van der Waals surface area contributed by atoms with Gasteiger partial charge in [0.15, 0.2) is 25.0 Å². The highest BCUT2D eigenvalue weighted by molar-refractivity contribution is 5.73. The Labute approximate surface area is 371 Å². The Hall–Kier alpha value is -1.35. The van der Waals surface area contributed by atoms with Crippen molar-refractivity contribution in [3.63, 3.8) is 0 Å². The monoisotopic (exact) mass is 897 g/mol. The van der Waals surface area contributed by atoms with Crippen molar-refractivity contribution in [2.24, 2.45) is 50.2 Å². The van der Waals surface area contributed by atoms with Crippen LogP contribution in [-0.2, 0) is 33.2 Å². The van der Waals surface area contributed by atoms with Crippen molar-refractivity contribution in [3.8, 4) is 0 Å². The van der Waals surface area contributed by atoms with E-state index in [0.717, 1.165) is 51.4 Å². The molecule has 9 N–H and O–H groups in total. The average Bonchev–Trinajstić information content (AvgIpc) is 3.20. The van der Waals surface area contributed by atoms with Gasteiger partial charge in [-0.1, -0.05) is 67.0 Å². The third kappa shape index (κ3) is 7.51. The lowest BCUT2D eigenvalue weighted by atomic mass is 9.33. The van der Waals surface area contributed by atoms with E-state index in [1.54, 1.807) is 5.57 Å². The summed E-state index contributed by atoms with van der Waals surface area (Å²) in [7, 11) is 0. The zero-order chi connectivity index (χ0) is 46.1. The van der Waals surface area contributed by atoms with Crippen LogP contribution in [0.15, 0.2) is 11.6 Å². The molecule has 0 aromatic heterocycles. The lowest BCUT2D eigenvalue weighted by molar-refractivity contribution is -0.386. The number of hydrogen-bond donors (Lipinski definition) is 9. The standard InChI is InChI=1S/C47H76O16/c1-21-29(50)31(52)34(55)39(59-21)62-36-30(51)24(48)20-58-40(36)63-37-33(54)32(53)35(38(56)57)61-41(37)60-28-13-14-45(7)25(43(28,4)5)12-15-47(9)26(45)11-10-22-23-18-42(2,3)19-27(49)44(23,6)16-17-46(22,47)8/h10,21,23-37,39-41,48-55H,11-20H2,1-9H3,(H,56,57)/t21-,23+,24+,25-,26-,27+,28+,29+,30+,31-,32-,33-,34-,35-,36-,37+,39+,40-,41+,44-,45+,46-,47-/m1/s1. The van der Waals surface area contributed by atoms with E-state index in [-0.39, 0.29) is 39.1 Å². The van der Waals surface area contributed by atoms with Crippen LogP contribution in [0.5, 0.6) is 0 Å². The van der Waals surface area contributed by atoms with Crippen LogP contribution in [0.3, 0.4) is 0 Å². The van der Waals surface area contributed by atoms with Gasteiger partial charge in [0.05, 0.1) is 24.9 Å². The molecule has 16 heteroatoms. The number of allylic oxidation sites excluding steroid dienone is 2. The highest BCUT2D eigenvalue weighted by Gasteiger charge is 2.69. The summed E-state index contributed by atoms with van der Waals surface area (Å²) in [6.45, 7) is 19.7. The van der Waals surface area contributed by atoms with Crippen molar-refractivity contribution in [2.75, 3.05) is 6.61 Å². The molecule has 360 valence electrons. The van der Waals surface area contributed by atoms with Gasteiger partial charge in [0, 0.05) is 5.41 Å². The maximum Gasteiger partial charge on any atom is 0.335 e. The molecule has 8 aliphatic rings. The van der Waals surface area contributed by atoms with Gasteiger partial charge in [0.1, 0.15) is 54.9 Å². The summed E-state index contributed by atoms with van der Waals surface area (Å²) in [5.74, 6) is -0.622. The second-order valence-electron chi connectivity index (χ2n) is 23.3. The Morgan fingerprint density at radius 2 is 1.33 bits per heavy atom. The largest absolute Gasteiger partial charge is 0.479 e. The molecule has 0 radical (unpaired) electrons. The second kappa shape index (κ2) is 16.4. The first-order valence-electron chi connectivity index (χ1n) is 23.5. The molecule has 0 aromatic carbocycles. The van der Waals surface area contributed by atoms with E-state index in [0.29, 0.717) is 18.3 Å². The summed E-state index contributed by atoms with van der Waals surface area (Å²) < 4.78 is 36.2. The molecule has 23 atom stereocenters. The number of carboxylic acids is 1. The van der Waals surface area contributed by atoms with Crippen LogP contribution in [0.2, 0.25) is 0 Å². The summed E-state index contributed by atoms with van der Waals surface area (Å²) in [4.78, 5) is 12.4. The molecule has 3 heterocycles. The van der Waals surface area contributed by atoms with E-state index < -0.39 is 110 Å². The number of fused-ring (bicyclic) bond motifs is 7. The molecule has 8 rings (SSSR count). The number of carbonyl (C=O) groups is 1. The van der Waals surface area contributed by atoms with Gasteiger partial charge in [-0.15, -0.1) is 0 Å². The van der Waals surface area contributed by atoms with E-state index in [9.17, 15) is 50.8 Å². The first-order valence-corrected chi connectivity index (χ1v) is 23.5. The lowest BCUT2D eigenvalue weighted by Crippen LogP contribution is -2.67. The number of aliphatic carboxylic acids is 1. The van der Waals surface area contributed by atoms with Gasteiger partial charge < -0.3 is 74.4 Å². The molecule has 3 aliphatic heterocycles. The maximum atomic E-state index is 12.4. The smallest absolute Gasteiger partial charge is 0.335 e. The van der Waals surface area contributed by atoms with Crippen molar-refractivity contribution >= 4 is 5.97 Å². The fourth-order valence-corrected chi connectivity index (χ4v) is 14.8. The summed E-state index contributed by atoms with van der Waals surface area (Å²) in [6.07, 6.45) is -12.8. The van der Waals surface area contributed by atoms with Crippen LogP contribution in [-0.4, -0.2) is 157 Å². The van der Waals surface area contributed by atoms with Crippen molar-refractivity contribution < 1.29 is 79.2 Å². The zero-order valence-corrected chi connectivity index (χ0v) is 38.5. The van der Waals surface area contributed by atoms with E-state index in [1.807, 2.05) is 0 Å². The molecular weight excluding hydrogens is 821 g/mol. The highest BCUT2D eigenvalue weighted by Crippen LogP contribution is 2.76. The number of aliphatic hydroxyl groups excluding tert-OH is 8. The SMILES string of the molecule is C[C@H]1O[C@@H](O[C@H]2[C@@H](O[C@@H]3[C@@H](O[C@H]4CC[C@@]5(C)[C@H](CC[C@]6(C)[C@@H]5CC=C5[C@@H]7CC(C)(C)C[C@H](O)[C@]7(C)CC[C@]56C)C4(C)C)O[C@@H](C(=O)O)[C@H](O)[C@H]3O)OC[C@H](O)[C@@H]2O)[C@H](O)[C@H](O)[C@H]1O. The average molecular weight is 897 g/mol. The van der Waals surface area contributed by atoms with E-state index in [4.69, 9.17) is 28.4 Å². The summed E-state index contributed by atoms with van der Waals surface area (Å²) in [6, 6.07) is 0. The van der Waals surface area contributed by atoms with Gasteiger partial charge in [-0.3, -0.25) is 0 Å². The first-order chi connectivity index (χ1) is 29.2. The van der Waals surface area contributed by atoms with Crippen molar-refractivity contribution in [2.45, 2.75) is 218 Å². The molecule has 0 aromatic rings. The summed E-state index contributed by atoms with van der Waals surface area (Å²) in [5.41, 5.74) is 0.910. The minimum Gasteiger partial charge on any atom is -0.479 e. The number of aliphatic hydroxyl groups is 8. The maximum absolute atomic E-state index is 12.4. The van der Waals surface area contributed by atoms with Crippen LogP contribution >= 0.6 is 0 Å². The van der Waals surface area contributed by atoms with E-state index in [1.165, 1.54) is 6.92 Å². The third-order valence-electron chi connectivity index (χ3n) is 19.0. The van der Waals surface area contributed by atoms with E-state index in [2.05, 4.69) is 61.5 Å². The number of hydrogen-bond acceptors (Lipinski definition) is 15. The predicted octanol–water partition coefficient (Wildman–Crippen LogP) is 2.37. The van der Waals surface area contributed by atoms with Crippen molar-refractivity contribution in [1.29, 1.82) is 0 Å². The topological polar surface area (TPSA) is 255 Å². The zero-order valence-electron chi connectivity index (χ0n) is 38.5. The third-order valence-corrected chi connectivity index (χ3v) is 19.0. The van der Waals surface area contributed by atoms with Gasteiger partial charge in [0.2, 0.25) is 0 Å². The van der Waals surface area contributed by atoms with Crippen LogP contribution in [0, 0.1) is 50.2 Å². The Morgan fingerprint density at radius 3 is 2.02 bits per heavy atom. The summed E-state index contributed by atoms with van der Waals surface area (Å²) in [5, 5.41) is 97.3. The van der Waals surface area contributed by atoms with Gasteiger partial charge in [0.25, 0.3) is 0 Å². The number of carboxylic acid groups (broad SMARTS) is 1. The van der Waals surface area contributed by atoms with Gasteiger partial charge in [-0.05, 0) is 110 Å². The highest BCUT2D eigenvalue weighted by atomic mass is 16.8. The number of rotatable bonds is 7. The van der Waals surface area contributed by atoms with Crippen LogP contribution in [0.25, 0.3) is 0 Å². The fraction of sp³-hybridized carbons (Fsp3) is 0.936. The number of ether oxygens (including phenoxy) is 6. The molecule has 5 aliphatic carbocycles. The minimum absolute atomic E-state index is 0.0189. The first kappa shape index (κ1) is 48.1. The molecular formula is C47H76O16. The fourth-order valence-electron chi connectivity index (χ4n) is 14.8. The Bertz CT molecular complexity index is 1740. The van der Waals surface area contributed by atoms with E-state index >= 15 is 0 Å². The summed E-state index contributed by atoms with van der Waals surface area (Å²) >= 11 is 0. The van der Waals surface area contributed by atoms with Gasteiger partial charge in [-0.25, -0.2) is 4.79 Å². The second-order valence-corrected chi connectivity index (χ2v) is 23.3. The Balaban J connectivity index is 1.04. The Morgan fingerprint density at radius 1 is 0.667 bits per heavy atom. The molecule has 7 fully saturated rings. The molecule has 63 heavy (non-hydrogen) atoms. The quantitative estimate of drug-likeness (QED) is 0.131. The lowest BCUT2D eigenvalue weighted by Gasteiger charge is -2.71. The molecule has 0 bridgehead atoms. The van der Waals surface area contributed by atoms with Gasteiger partial charge >= 0.3 is 5.97 Å².